The van der Waals surface area contributed by atoms with Crippen molar-refractivity contribution in [2.24, 2.45) is 4.99 Å². The fourth-order valence-electron chi connectivity index (χ4n) is 2.55. The van der Waals surface area contributed by atoms with Crippen molar-refractivity contribution in [1.82, 2.24) is 0 Å². The van der Waals surface area contributed by atoms with E-state index in [-0.39, 0.29) is 12.2 Å². The molecule has 0 aliphatic heterocycles. The number of hydrogen-bond acceptors (Lipinski definition) is 4. The molecule has 0 aliphatic rings. The Hall–Kier alpha value is -2.83. The van der Waals surface area contributed by atoms with E-state index in [4.69, 9.17) is 26.2 Å². The molecule has 0 unspecified atom stereocenters. The van der Waals surface area contributed by atoms with Crippen LogP contribution < -0.4 is 9.47 Å². The van der Waals surface area contributed by atoms with Crippen molar-refractivity contribution < 1.29 is 19.4 Å². The number of aromatic carboxylic acids is 1. The summed E-state index contributed by atoms with van der Waals surface area (Å²) in [5.41, 5.74) is 2.54. The normalized spacial score (nSPS) is 10.9. The van der Waals surface area contributed by atoms with Gasteiger partial charge in [-0.3, -0.25) is 4.99 Å². The Kier molecular flexibility index (Phi) is 6.90. The molecule has 0 aliphatic carbocycles. The minimum Gasteiger partial charge on any atom is -0.493 e. The lowest BCUT2D eigenvalue weighted by Crippen LogP contribution is -2.01. The largest absolute Gasteiger partial charge is 0.493 e. The van der Waals surface area contributed by atoms with Gasteiger partial charge in [0.2, 0.25) is 0 Å². The van der Waals surface area contributed by atoms with Crippen LogP contribution in [0, 0.1) is 0 Å². The van der Waals surface area contributed by atoms with Crippen molar-refractivity contribution in [2.45, 2.75) is 6.61 Å². The average Bonchev–Trinajstić information content (AvgIpc) is 2.73. The predicted octanol–water partition coefficient (Wildman–Crippen LogP) is 6.14. The van der Waals surface area contributed by atoms with E-state index in [1.807, 2.05) is 30.3 Å². The number of carboxylic acids is 1. The summed E-state index contributed by atoms with van der Waals surface area (Å²) in [4.78, 5) is 15.5. The topological polar surface area (TPSA) is 68.1 Å². The third-order valence-electron chi connectivity index (χ3n) is 4.02. The van der Waals surface area contributed by atoms with E-state index >= 15 is 0 Å². The highest BCUT2D eigenvalue weighted by molar-refractivity contribution is 9.10. The number of ether oxygens (including phenoxy) is 2. The van der Waals surface area contributed by atoms with Crippen LogP contribution in [-0.4, -0.2) is 24.4 Å². The zero-order valence-corrected chi connectivity index (χ0v) is 17.8. The number of methoxy groups -OCH3 is 1. The maximum Gasteiger partial charge on any atom is 0.335 e. The van der Waals surface area contributed by atoms with Crippen molar-refractivity contribution in [2.75, 3.05) is 7.11 Å². The third kappa shape index (κ3) is 5.59. The Balaban J connectivity index is 1.73. The average molecular weight is 475 g/mol. The number of halogens is 2. The molecule has 3 aromatic rings. The molecule has 3 aromatic carbocycles. The van der Waals surface area contributed by atoms with Gasteiger partial charge in [-0.25, -0.2) is 4.79 Å². The Labute approximate surface area is 181 Å². The van der Waals surface area contributed by atoms with Crippen LogP contribution in [0.25, 0.3) is 0 Å². The zero-order chi connectivity index (χ0) is 20.8. The smallest absolute Gasteiger partial charge is 0.335 e. The number of aliphatic imine (C=N–C) groups is 1. The van der Waals surface area contributed by atoms with Gasteiger partial charge in [0.15, 0.2) is 11.5 Å². The van der Waals surface area contributed by atoms with E-state index in [2.05, 4.69) is 20.9 Å². The maximum absolute atomic E-state index is 11.1. The van der Waals surface area contributed by atoms with Gasteiger partial charge in [-0.05, 0) is 75.6 Å². The Bertz CT molecular complexity index is 1070. The van der Waals surface area contributed by atoms with Crippen molar-refractivity contribution in [3.05, 3.63) is 86.8 Å². The number of nitrogens with zero attached hydrogens (tertiary/aromatic N) is 1. The highest BCUT2D eigenvalue weighted by Gasteiger charge is 2.08. The Morgan fingerprint density at radius 3 is 2.69 bits per heavy atom. The maximum atomic E-state index is 11.1. The highest BCUT2D eigenvalue weighted by Crippen LogP contribution is 2.30. The van der Waals surface area contributed by atoms with E-state index in [0.717, 1.165) is 21.3 Å². The minimum atomic E-state index is -0.972. The number of carbonyl (C=O) groups is 1. The summed E-state index contributed by atoms with van der Waals surface area (Å²) < 4.78 is 12.0. The van der Waals surface area contributed by atoms with E-state index in [9.17, 15) is 4.79 Å². The van der Waals surface area contributed by atoms with E-state index < -0.39 is 5.97 Å². The van der Waals surface area contributed by atoms with E-state index in [0.29, 0.717) is 16.5 Å². The number of benzene rings is 3. The molecular formula is C22H17BrClNO4. The molecule has 3 rings (SSSR count). The zero-order valence-electron chi connectivity index (χ0n) is 15.4. The lowest BCUT2D eigenvalue weighted by Gasteiger charge is -2.11. The first-order valence-electron chi connectivity index (χ1n) is 8.58. The van der Waals surface area contributed by atoms with Gasteiger partial charge in [0, 0.05) is 10.7 Å². The number of carboxylic acid groups (broad SMARTS) is 1. The molecule has 0 spiro atoms. The first-order chi connectivity index (χ1) is 14.0. The molecular weight excluding hydrogens is 458 g/mol. The number of hydrogen-bond donors (Lipinski definition) is 1. The molecule has 0 aromatic heterocycles. The SMILES string of the molecule is COc1cc(C=Nc2ccc(Br)c(Cl)c2)ccc1OCc1cccc(C(=O)O)c1. The van der Waals surface area contributed by atoms with Crippen LogP contribution in [0.3, 0.4) is 0 Å². The van der Waals surface area contributed by atoms with Crippen molar-refractivity contribution in [3.63, 3.8) is 0 Å². The van der Waals surface area contributed by atoms with Gasteiger partial charge >= 0.3 is 5.97 Å². The summed E-state index contributed by atoms with van der Waals surface area (Å²) in [6.07, 6.45) is 1.71. The summed E-state index contributed by atoms with van der Waals surface area (Å²) in [6, 6.07) is 17.5. The first kappa shape index (κ1) is 20.9. The molecule has 0 radical (unpaired) electrons. The fraction of sp³-hybridized carbons (Fsp3) is 0.0909. The van der Waals surface area contributed by atoms with Crippen LogP contribution >= 0.6 is 27.5 Å². The summed E-state index contributed by atoms with van der Waals surface area (Å²) in [6.45, 7) is 0.225. The lowest BCUT2D eigenvalue weighted by molar-refractivity contribution is 0.0696. The van der Waals surface area contributed by atoms with Crippen LogP contribution in [0.2, 0.25) is 5.02 Å². The van der Waals surface area contributed by atoms with Crippen LogP contribution in [0.4, 0.5) is 5.69 Å². The molecule has 0 bridgehead atoms. The van der Waals surface area contributed by atoms with Gasteiger partial charge in [0.1, 0.15) is 6.61 Å². The van der Waals surface area contributed by atoms with Gasteiger partial charge in [0.25, 0.3) is 0 Å². The molecule has 7 heteroatoms. The first-order valence-corrected chi connectivity index (χ1v) is 9.75. The monoisotopic (exact) mass is 473 g/mol. The van der Waals surface area contributed by atoms with E-state index in [1.54, 1.807) is 43.7 Å². The molecule has 148 valence electrons. The second-order valence-corrected chi connectivity index (χ2v) is 7.32. The van der Waals surface area contributed by atoms with Gasteiger partial charge in [-0.15, -0.1) is 0 Å². The second kappa shape index (κ2) is 9.58. The summed E-state index contributed by atoms with van der Waals surface area (Å²) in [5, 5.41) is 9.68. The van der Waals surface area contributed by atoms with Gasteiger partial charge in [-0.1, -0.05) is 23.7 Å². The van der Waals surface area contributed by atoms with Crippen molar-refractivity contribution in [3.8, 4) is 11.5 Å². The molecule has 1 N–H and O–H groups in total. The summed E-state index contributed by atoms with van der Waals surface area (Å²) >= 11 is 9.44. The van der Waals surface area contributed by atoms with Crippen LogP contribution in [0.15, 0.2) is 70.1 Å². The van der Waals surface area contributed by atoms with Crippen LogP contribution in [0.1, 0.15) is 21.5 Å². The van der Waals surface area contributed by atoms with Gasteiger partial charge in [0.05, 0.1) is 23.4 Å². The molecule has 5 nitrogen and oxygen atoms in total. The van der Waals surface area contributed by atoms with Gasteiger partial charge < -0.3 is 14.6 Å². The highest BCUT2D eigenvalue weighted by atomic mass is 79.9. The predicted molar refractivity (Wildman–Crippen MR) is 117 cm³/mol. The van der Waals surface area contributed by atoms with E-state index in [1.165, 1.54) is 0 Å². The Morgan fingerprint density at radius 1 is 1.14 bits per heavy atom. The standard InChI is InChI=1S/C22H17BrClNO4/c1-28-21-10-14(12-25-17-6-7-18(23)19(24)11-17)5-8-20(21)29-13-15-3-2-4-16(9-15)22(26)27/h2-12H,13H2,1H3,(H,26,27). The summed E-state index contributed by atoms with van der Waals surface area (Å²) in [5.74, 6) is 0.134. The lowest BCUT2D eigenvalue weighted by atomic mass is 10.1. The second-order valence-electron chi connectivity index (χ2n) is 6.06. The molecule has 0 fully saturated rings. The van der Waals surface area contributed by atoms with Crippen LogP contribution in [-0.2, 0) is 6.61 Å². The Morgan fingerprint density at radius 2 is 1.97 bits per heavy atom. The quantitative estimate of drug-likeness (QED) is 0.418. The molecule has 0 heterocycles. The summed E-state index contributed by atoms with van der Waals surface area (Å²) in [7, 11) is 1.56. The molecule has 0 saturated heterocycles. The van der Waals surface area contributed by atoms with Crippen molar-refractivity contribution >= 4 is 45.4 Å². The van der Waals surface area contributed by atoms with Crippen molar-refractivity contribution in [1.29, 1.82) is 0 Å². The minimum absolute atomic E-state index is 0.220. The third-order valence-corrected chi connectivity index (χ3v) is 5.25. The molecule has 0 atom stereocenters. The van der Waals surface area contributed by atoms with Gasteiger partial charge in [-0.2, -0.15) is 0 Å². The molecule has 29 heavy (non-hydrogen) atoms. The molecule has 0 amide bonds. The molecule has 0 saturated carbocycles. The number of rotatable bonds is 7. The van der Waals surface area contributed by atoms with Crippen LogP contribution in [0.5, 0.6) is 11.5 Å². The fourth-order valence-corrected chi connectivity index (χ4v) is 2.97.